The molecule has 15 heavy (non-hydrogen) atoms. The zero-order chi connectivity index (χ0) is 11.3. The summed E-state index contributed by atoms with van der Waals surface area (Å²) in [6.07, 6.45) is 0.715. The lowest BCUT2D eigenvalue weighted by atomic mass is 10.1. The van der Waals surface area contributed by atoms with Gasteiger partial charge < -0.3 is 9.84 Å². The molecule has 0 heterocycles. The van der Waals surface area contributed by atoms with Gasteiger partial charge in [-0.2, -0.15) is 0 Å². The molecule has 0 fully saturated rings. The summed E-state index contributed by atoms with van der Waals surface area (Å²) in [5.41, 5.74) is 1.12. The van der Waals surface area contributed by atoms with E-state index in [1.807, 2.05) is 38.1 Å². The summed E-state index contributed by atoms with van der Waals surface area (Å²) in [6, 6.07) is 7.60. The number of benzene rings is 1. The van der Waals surface area contributed by atoms with Crippen LogP contribution in [0.5, 0.6) is 0 Å². The summed E-state index contributed by atoms with van der Waals surface area (Å²) in [5, 5.41) is 9.87. The van der Waals surface area contributed by atoms with Crippen LogP contribution in [-0.2, 0) is 11.2 Å². The van der Waals surface area contributed by atoms with Crippen LogP contribution in [0.15, 0.2) is 24.3 Å². The predicted molar refractivity (Wildman–Crippen MR) is 62.3 cm³/mol. The van der Waals surface area contributed by atoms with Gasteiger partial charge in [-0.25, -0.2) is 0 Å². The molecular formula is C12H17ClO2. The Bertz CT molecular complexity index is 282. The number of aliphatic hydroxyl groups is 1. The van der Waals surface area contributed by atoms with Gasteiger partial charge in [0.1, 0.15) is 0 Å². The molecule has 0 saturated carbocycles. The molecule has 0 aliphatic heterocycles. The van der Waals surface area contributed by atoms with E-state index in [9.17, 15) is 0 Å². The van der Waals surface area contributed by atoms with E-state index in [2.05, 4.69) is 0 Å². The topological polar surface area (TPSA) is 29.5 Å². The number of halogens is 1. The van der Waals surface area contributed by atoms with Gasteiger partial charge in [-0.05, 0) is 31.5 Å². The van der Waals surface area contributed by atoms with Crippen molar-refractivity contribution in [3.63, 3.8) is 0 Å². The largest absolute Gasteiger partial charge is 0.394 e. The molecular weight excluding hydrogens is 212 g/mol. The van der Waals surface area contributed by atoms with Crippen molar-refractivity contribution in [2.75, 3.05) is 6.61 Å². The molecule has 0 amide bonds. The number of rotatable bonds is 5. The highest BCUT2D eigenvalue weighted by atomic mass is 35.5. The molecule has 3 heteroatoms. The smallest absolute Gasteiger partial charge is 0.0849 e. The summed E-state index contributed by atoms with van der Waals surface area (Å²) in [7, 11) is 0. The lowest BCUT2D eigenvalue weighted by Crippen LogP contribution is -2.24. The van der Waals surface area contributed by atoms with Crippen LogP contribution in [0.3, 0.4) is 0 Å². The fourth-order valence-electron chi connectivity index (χ4n) is 1.42. The van der Waals surface area contributed by atoms with Gasteiger partial charge in [0.2, 0.25) is 0 Å². The van der Waals surface area contributed by atoms with Crippen molar-refractivity contribution in [2.45, 2.75) is 32.5 Å². The lowest BCUT2D eigenvalue weighted by Gasteiger charge is -2.18. The van der Waals surface area contributed by atoms with Crippen LogP contribution in [0, 0.1) is 0 Å². The monoisotopic (exact) mass is 228 g/mol. The molecule has 0 aliphatic carbocycles. The molecule has 2 nitrogen and oxygen atoms in total. The van der Waals surface area contributed by atoms with E-state index < -0.39 is 0 Å². The molecule has 1 atom stereocenters. The van der Waals surface area contributed by atoms with Gasteiger partial charge >= 0.3 is 0 Å². The first-order valence-electron chi connectivity index (χ1n) is 5.12. The van der Waals surface area contributed by atoms with Gasteiger partial charge in [-0.3, -0.25) is 0 Å². The predicted octanol–water partition coefficient (Wildman–Crippen LogP) is 2.67. The molecule has 1 rings (SSSR count). The van der Waals surface area contributed by atoms with E-state index >= 15 is 0 Å². The van der Waals surface area contributed by atoms with Crippen LogP contribution in [0.4, 0.5) is 0 Å². The molecule has 84 valence electrons. The quantitative estimate of drug-likeness (QED) is 0.840. The van der Waals surface area contributed by atoms with Gasteiger partial charge in [-0.1, -0.05) is 23.7 Å². The van der Waals surface area contributed by atoms with E-state index in [1.54, 1.807) is 0 Å². The van der Waals surface area contributed by atoms with E-state index in [-0.39, 0.29) is 18.8 Å². The highest BCUT2D eigenvalue weighted by molar-refractivity contribution is 6.30. The average Bonchev–Trinajstić information content (AvgIpc) is 2.19. The minimum atomic E-state index is -0.133. The van der Waals surface area contributed by atoms with E-state index in [4.69, 9.17) is 21.4 Å². The van der Waals surface area contributed by atoms with Crippen molar-refractivity contribution < 1.29 is 9.84 Å². The maximum atomic E-state index is 9.14. The third-order valence-electron chi connectivity index (χ3n) is 2.04. The Hall–Kier alpha value is -0.570. The highest BCUT2D eigenvalue weighted by Gasteiger charge is 2.10. The summed E-state index contributed by atoms with van der Waals surface area (Å²) in [4.78, 5) is 0. The Morgan fingerprint density at radius 1 is 1.27 bits per heavy atom. The Balaban J connectivity index is 2.54. The number of hydrogen-bond acceptors (Lipinski definition) is 2. The first-order valence-corrected chi connectivity index (χ1v) is 5.50. The average molecular weight is 229 g/mol. The minimum Gasteiger partial charge on any atom is -0.394 e. The molecule has 0 aromatic heterocycles. The summed E-state index contributed by atoms with van der Waals surface area (Å²) >= 11 is 5.79. The van der Waals surface area contributed by atoms with Crippen LogP contribution in [0.25, 0.3) is 0 Å². The van der Waals surface area contributed by atoms with Crippen molar-refractivity contribution in [2.24, 2.45) is 0 Å². The second kappa shape index (κ2) is 6.11. The number of hydrogen-bond donors (Lipinski definition) is 1. The van der Waals surface area contributed by atoms with Crippen LogP contribution >= 0.6 is 11.6 Å². The minimum absolute atomic E-state index is 0.0425. The van der Waals surface area contributed by atoms with Crippen LogP contribution in [0.1, 0.15) is 19.4 Å². The Kier molecular flexibility index (Phi) is 5.09. The van der Waals surface area contributed by atoms with E-state index in [0.29, 0.717) is 6.42 Å². The fourth-order valence-corrected chi connectivity index (χ4v) is 1.55. The molecule has 1 unspecified atom stereocenters. The maximum absolute atomic E-state index is 9.14. The highest BCUT2D eigenvalue weighted by Crippen LogP contribution is 2.12. The number of ether oxygens (including phenoxy) is 1. The Morgan fingerprint density at radius 3 is 2.33 bits per heavy atom. The van der Waals surface area contributed by atoms with Gasteiger partial charge in [0.25, 0.3) is 0 Å². The van der Waals surface area contributed by atoms with Crippen LogP contribution in [0.2, 0.25) is 5.02 Å². The fraction of sp³-hybridized carbons (Fsp3) is 0.500. The van der Waals surface area contributed by atoms with Crippen molar-refractivity contribution in [1.29, 1.82) is 0 Å². The third kappa shape index (κ3) is 4.65. The Morgan fingerprint density at radius 2 is 1.87 bits per heavy atom. The summed E-state index contributed by atoms with van der Waals surface area (Å²) in [5.74, 6) is 0. The van der Waals surface area contributed by atoms with Crippen molar-refractivity contribution >= 4 is 11.6 Å². The van der Waals surface area contributed by atoms with E-state index in [1.165, 1.54) is 0 Å². The maximum Gasteiger partial charge on any atom is 0.0849 e. The SMILES string of the molecule is CC(C)OC(CO)Cc1ccc(Cl)cc1. The molecule has 1 aromatic carbocycles. The second-order valence-corrected chi connectivity index (χ2v) is 4.26. The second-order valence-electron chi connectivity index (χ2n) is 3.82. The Labute approximate surface area is 95.8 Å². The normalized spacial score (nSPS) is 13.1. The standard InChI is InChI=1S/C12H17ClO2/c1-9(2)15-12(8-14)7-10-3-5-11(13)6-4-10/h3-6,9,12,14H,7-8H2,1-2H3. The van der Waals surface area contributed by atoms with Crippen LogP contribution < -0.4 is 0 Å². The lowest BCUT2D eigenvalue weighted by molar-refractivity contribution is -0.0223. The zero-order valence-corrected chi connectivity index (χ0v) is 9.87. The molecule has 0 bridgehead atoms. The molecule has 0 radical (unpaired) electrons. The molecule has 0 aliphatic rings. The van der Waals surface area contributed by atoms with Gasteiger partial charge in [0, 0.05) is 11.4 Å². The molecule has 1 aromatic rings. The first-order chi connectivity index (χ1) is 7.11. The van der Waals surface area contributed by atoms with Crippen molar-refractivity contribution in [3.05, 3.63) is 34.9 Å². The first kappa shape index (κ1) is 12.5. The summed E-state index contributed by atoms with van der Waals surface area (Å²) in [6.45, 7) is 3.97. The van der Waals surface area contributed by atoms with Gasteiger partial charge in [0.05, 0.1) is 18.8 Å². The van der Waals surface area contributed by atoms with Gasteiger partial charge in [0.15, 0.2) is 0 Å². The zero-order valence-electron chi connectivity index (χ0n) is 9.11. The molecule has 0 spiro atoms. The van der Waals surface area contributed by atoms with Crippen LogP contribution in [-0.4, -0.2) is 23.9 Å². The molecule has 1 N–H and O–H groups in total. The number of aliphatic hydroxyl groups excluding tert-OH is 1. The van der Waals surface area contributed by atoms with E-state index in [0.717, 1.165) is 10.6 Å². The van der Waals surface area contributed by atoms with Crippen molar-refractivity contribution in [1.82, 2.24) is 0 Å². The molecule has 0 saturated heterocycles. The van der Waals surface area contributed by atoms with Gasteiger partial charge in [-0.15, -0.1) is 0 Å². The van der Waals surface area contributed by atoms with Crippen molar-refractivity contribution in [3.8, 4) is 0 Å². The third-order valence-corrected chi connectivity index (χ3v) is 2.30. The summed E-state index contributed by atoms with van der Waals surface area (Å²) < 4.78 is 5.55.